The summed E-state index contributed by atoms with van der Waals surface area (Å²) in [5.41, 5.74) is 0.627. The number of piperidine rings is 1. The van der Waals surface area contributed by atoms with Crippen molar-refractivity contribution in [2.45, 2.75) is 50.4 Å². The Morgan fingerprint density at radius 3 is 2.56 bits per heavy atom. The number of ether oxygens (including phenoxy) is 3. The molecule has 0 N–H and O–H groups in total. The van der Waals surface area contributed by atoms with E-state index in [-0.39, 0.29) is 23.5 Å². The number of carbonyl (C=O) groups is 1. The van der Waals surface area contributed by atoms with Gasteiger partial charge in [-0.25, -0.2) is 8.78 Å². The minimum absolute atomic E-state index is 0.0684. The van der Waals surface area contributed by atoms with Crippen LogP contribution in [0.1, 0.15) is 54.6 Å². The maximum absolute atomic E-state index is 14.1. The molecule has 0 bridgehead atoms. The number of carbonyl (C=O) groups excluding carboxylic acids is 1. The highest BCUT2D eigenvalue weighted by molar-refractivity contribution is 5.97. The van der Waals surface area contributed by atoms with Crippen LogP contribution in [0.3, 0.4) is 0 Å². The van der Waals surface area contributed by atoms with Gasteiger partial charge in [-0.15, -0.1) is 0 Å². The molecule has 2 aliphatic heterocycles. The van der Waals surface area contributed by atoms with Crippen molar-refractivity contribution in [1.29, 1.82) is 0 Å². The second-order valence-corrected chi connectivity index (χ2v) is 8.48. The molecule has 2 aromatic rings. The number of amides is 1. The smallest absolute Gasteiger partial charge is 0.257 e. The molecule has 2 aliphatic rings. The fourth-order valence-electron chi connectivity index (χ4n) is 4.91. The average molecular weight is 446 g/mol. The molecular weight excluding hydrogens is 416 g/mol. The Balaban J connectivity index is 1.50. The predicted octanol–water partition coefficient (Wildman–Crippen LogP) is 4.91. The van der Waals surface area contributed by atoms with Crippen LogP contribution in [0.2, 0.25) is 0 Å². The molecule has 0 radical (unpaired) electrons. The van der Waals surface area contributed by atoms with Crippen LogP contribution in [0.4, 0.5) is 8.78 Å². The Bertz CT molecular complexity index is 944. The molecule has 7 heteroatoms. The van der Waals surface area contributed by atoms with Crippen molar-refractivity contribution in [1.82, 2.24) is 4.90 Å². The van der Waals surface area contributed by atoms with Crippen LogP contribution in [-0.2, 0) is 9.47 Å². The molecule has 2 fully saturated rings. The summed E-state index contributed by atoms with van der Waals surface area (Å²) in [4.78, 5) is 14.7. The first-order chi connectivity index (χ1) is 15.4. The van der Waals surface area contributed by atoms with Gasteiger partial charge in [0.1, 0.15) is 5.82 Å². The molecule has 0 aromatic heterocycles. The summed E-state index contributed by atoms with van der Waals surface area (Å²) in [5.74, 6) is -2.36. The first-order valence-corrected chi connectivity index (χ1v) is 11.1. The zero-order valence-corrected chi connectivity index (χ0v) is 18.5. The minimum Gasteiger partial charge on any atom is -0.493 e. The topological polar surface area (TPSA) is 48.0 Å². The normalized spacial score (nSPS) is 22.7. The zero-order valence-electron chi connectivity index (χ0n) is 18.5. The van der Waals surface area contributed by atoms with Crippen LogP contribution < -0.4 is 4.74 Å². The van der Waals surface area contributed by atoms with Gasteiger partial charge in [-0.1, -0.05) is 30.3 Å². The maximum Gasteiger partial charge on any atom is 0.257 e. The zero-order chi connectivity index (χ0) is 22.7. The van der Waals surface area contributed by atoms with Gasteiger partial charge in [0.05, 0.1) is 30.5 Å². The summed E-state index contributed by atoms with van der Waals surface area (Å²) in [7, 11) is 1.27. The van der Waals surface area contributed by atoms with E-state index in [1.807, 2.05) is 25.1 Å². The Morgan fingerprint density at radius 1 is 1.19 bits per heavy atom. The molecule has 1 amide bonds. The number of hydrogen-bond donors (Lipinski definition) is 0. The quantitative estimate of drug-likeness (QED) is 0.657. The number of nitrogens with zero attached hydrogens (tertiary/aromatic N) is 1. The third-order valence-electron chi connectivity index (χ3n) is 6.45. The SMILES string of the molecule is CCOC1CC(c2ccccc2)OC2(CCN(C(=O)c3cc(F)cc(F)c3OC)CC2)C1. The summed E-state index contributed by atoms with van der Waals surface area (Å²) < 4.78 is 45.5. The first kappa shape index (κ1) is 22.7. The van der Waals surface area contributed by atoms with Crippen LogP contribution in [0.5, 0.6) is 5.75 Å². The number of methoxy groups -OCH3 is 1. The van der Waals surface area contributed by atoms with E-state index < -0.39 is 23.1 Å². The molecule has 4 rings (SSSR count). The van der Waals surface area contributed by atoms with Crippen LogP contribution in [0.25, 0.3) is 0 Å². The molecule has 0 aliphatic carbocycles. The third-order valence-corrected chi connectivity index (χ3v) is 6.45. The van der Waals surface area contributed by atoms with Gasteiger partial charge in [-0.3, -0.25) is 4.79 Å². The van der Waals surface area contributed by atoms with E-state index >= 15 is 0 Å². The van der Waals surface area contributed by atoms with E-state index in [1.54, 1.807) is 4.90 Å². The molecule has 2 unspecified atom stereocenters. The van der Waals surface area contributed by atoms with Crippen molar-refractivity contribution in [3.05, 3.63) is 65.2 Å². The molecule has 2 aromatic carbocycles. The summed E-state index contributed by atoms with van der Waals surface area (Å²) in [6.45, 7) is 3.49. The van der Waals surface area contributed by atoms with Gasteiger partial charge in [-0.2, -0.15) is 0 Å². The summed E-state index contributed by atoms with van der Waals surface area (Å²) in [6, 6.07) is 11.9. The van der Waals surface area contributed by atoms with Gasteiger partial charge in [-0.05, 0) is 31.4 Å². The molecule has 32 heavy (non-hydrogen) atoms. The van der Waals surface area contributed by atoms with Crippen molar-refractivity contribution in [3.8, 4) is 5.75 Å². The number of benzene rings is 2. The van der Waals surface area contributed by atoms with Gasteiger partial charge in [0, 0.05) is 38.6 Å². The van der Waals surface area contributed by atoms with Crippen LogP contribution >= 0.6 is 0 Å². The molecule has 5 nitrogen and oxygen atoms in total. The molecule has 0 saturated carbocycles. The van der Waals surface area contributed by atoms with Gasteiger partial charge in [0.25, 0.3) is 5.91 Å². The summed E-state index contributed by atoms with van der Waals surface area (Å²) in [5, 5.41) is 0. The fourth-order valence-corrected chi connectivity index (χ4v) is 4.91. The number of rotatable bonds is 5. The Hall–Kier alpha value is -2.51. The monoisotopic (exact) mass is 445 g/mol. The van der Waals surface area contributed by atoms with Gasteiger partial charge in [0.2, 0.25) is 0 Å². The number of hydrogen-bond acceptors (Lipinski definition) is 4. The molecule has 1 spiro atoms. The summed E-state index contributed by atoms with van der Waals surface area (Å²) in [6.07, 6.45) is 2.84. The van der Waals surface area contributed by atoms with Crippen molar-refractivity contribution < 1.29 is 27.8 Å². The highest BCUT2D eigenvalue weighted by Gasteiger charge is 2.45. The minimum atomic E-state index is -0.884. The highest BCUT2D eigenvalue weighted by atomic mass is 19.1. The lowest BCUT2D eigenvalue weighted by Gasteiger charge is -2.48. The lowest BCUT2D eigenvalue weighted by molar-refractivity contribution is -0.190. The van der Waals surface area contributed by atoms with Crippen LogP contribution in [0.15, 0.2) is 42.5 Å². The third kappa shape index (κ3) is 4.64. The van der Waals surface area contributed by atoms with Gasteiger partial charge < -0.3 is 19.1 Å². The Labute approximate surface area is 187 Å². The van der Waals surface area contributed by atoms with E-state index in [2.05, 4.69) is 12.1 Å². The molecule has 2 saturated heterocycles. The van der Waals surface area contributed by atoms with E-state index in [0.29, 0.717) is 38.6 Å². The van der Waals surface area contributed by atoms with Crippen molar-refractivity contribution >= 4 is 5.91 Å². The van der Waals surface area contributed by atoms with Crippen LogP contribution in [0, 0.1) is 11.6 Å². The molecule has 172 valence electrons. The largest absolute Gasteiger partial charge is 0.493 e. The predicted molar refractivity (Wildman–Crippen MR) is 116 cm³/mol. The molecule has 2 atom stereocenters. The first-order valence-electron chi connectivity index (χ1n) is 11.1. The molecular formula is C25H29F2NO4. The number of halogens is 2. The fraction of sp³-hybridized carbons (Fsp3) is 0.480. The lowest BCUT2D eigenvalue weighted by Crippen LogP contribution is -2.52. The van der Waals surface area contributed by atoms with Crippen LogP contribution in [-0.4, -0.2) is 49.3 Å². The Kier molecular flexibility index (Phi) is 6.76. The molecule has 2 heterocycles. The van der Waals surface area contributed by atoms with E-state index in [0.717, 1.165) is 24.5 Å². The van der Waals surface area contributed by atoms with Gasteiger partial charge in [0.15, 0.2) is 11.6 Å². The van der Waals surface area contributed by atoms with E-state index in [9.17, 15) is 13.6 Å². The highest BCUT2D eigenvalue weighted by Crippen LogP contribution is 2.44. The van der Waals surface area contributed by atoms with Crippen molar-refractivity contribution in [2.24, 2.45) is 0 Å². The Morgan fingerprint density at radius 2 is 1.91 bits per heavy atom. The van der Waals surface area contributed by atoms with Gasteiger partial charge >= 0.3 is 0 Å². The maximum atomic E-state index is 14.1. The van der Waals surface area contributed by atoms with E-state index in [1.165, 1.54) is 7.11 Å². The van der Waals surface area contributed by atoms with Crippen molar-refractivity contribution in [2.75, 3.05) is 26.8 Å². The lowest BCUT2D eigenvalue weighted by atomic mass is 9.80. The van der Waals surface area contributed by atoms with Crippen molar-refractivity contribution in [3.63, 3.8) is 0 Å². The standard InChI is InChI=1S/C25H29F2NO4/c1-3-31-19-15-22(17-7-5-4-6-8-17)32-25(16-19)9-11-28(12-10-25)24(29)20-13-18(26)14-21(27)23(20)30-2/h4-8,13-14,19,22H,3,9-12,15-16H2,1-2H3. The second-order valence-electron chi connectivity index (χ2n) is 8.48. The number of likely N-dealkylation sites (tertiary alicyclic amines) is 1. The summed E-state index contributed by atoms with van der Waals surface area (Å²) >= 11 is 0. The average Bonchev–Trinajstić information content (AvgIpc) is 2.79. The van der Waals surface area contributed by atoms with E-state index in [4.69, 9.17) is 14.2 Å². The second kappa shape index (κ2) is 9.55.